The molecule has 0 aliphatic heterocycles. The number of benzene rings is 2. The van der Waals surface area contributed by atoms with Crippen LogP contribution in [0.1, 0.15) is 32.4 Å². The van der Waals surface area contributed by atoms with Crippen LogP contribution in [0.15, 0.2) is 53.4 Å². The summed E-state index contributed by atoms with van der Waals surface area (Å²) < 4.78 is 32.3. The van der Waals surface area contributed by atoms with E-state index in [2.05, 4.69) is 10.0 Å². The third-order valence-corrected chi connectivity index (χ3v) is 5.62. The van der Waals surface area contributed by atoms with Crippen LogP contribution in [0.4, 0.5) is 0 Å². The van der Waals surface area contributed by atoms with Crippen LogP contribution in [0.5, 0.6) is 5.75 Å². The number of amides is 1. The maximum absolute atomic E-state index is 12.2. The number of hydrogen-bond donors (Lipinski definition) is 2. The fourth-order valence-electron chi connectivity index (χ4n) is 2.34. The van der Waals surface area contributed by atoms with Crippen LogP contribution in [0.2, 0.25) is 5.02 Å². The van der Waals surface area contributed by atoms with Crippen LogP contribution in [-0.2, 0) is 14.8 Å². The Kier molecular flexibility index (Phi) is 7.86. The Morgan fingerprint density at radius 2 is 1.64 bits per heavy atom. The van der Waals surface area contributed by atoms with E-state index >= 15 is 0 Å². The molecule has 152 valence electrons. The number of sulfonamides is 1. The van der Waals surface area contributed by atoms with Crippen molar-refractivity contribution in [2.24, 2.45) is 5.92 Å². The molecule has 0 saturated carbocycles. The van der Waals surface area contributed by atoms with E-state index in [1.165, 1.54) is 24.3 Å². The highest BCUT2D eigenvalue weighted by Crippen LogP contribution is 2.17. The van der Waals surface area contributed by atoms with Gasteiger partial charge in [-0.25, -0.2) is 13.1 Å². The first kappa shape index (κ1) is 22.2. The predicted molar refractivity (Wildman–Crippen MR) is 110 cm³/mol. The Balaban J connectivity index is 1.87. The normalized spacial score (nSPS) is 12.6. The lowest BCUT2D eigenvalue weighted by atomic mass is 10.1. The number of nitrogens with one attached hydrogen (secondary N) is 2. The molecule has 0 radical (unpaired) electrons. The fourth-order valence-corrected chi connectivity index (χ4v) is 3.68. The minimum Gasteiger partial charge on any atom is -0.484 e. The van der Waals surface area contributed by atoms with Crippen LogP contribution in [-0.4, -0.2) is 27.5 Å². The Labute approximate surface area is 171 Å². The minimum absolute atomic E-state index is 0.154. The average Bonchev–Trinajstić information content (AvgIpc) is 2.65. The molecule has 0 aliphatic rings. The molecular weight excluding hydrogens is 400 g/mol. The molecule has 0 heterocycles. The largest absolute Gasteiger partial charge is 0.484 e. The van der Waals surface area contributed by atoms with Gasteiger partial charge in [0.05, 0.1) is 10.9 Å². The predicted octanol–water partition coefficient (Wildman–Crippen LogP) is 3.53. The van der Waals surface area contributed by atoms with E-state index < -0.39 is 10.0 Å². The lowest BCUT2D eigenvalue weighted by Crippen LogP contribution is -2.31. The number of rotatable bonds is 9. The second-order valence-electron chi connectivity index (χ2n) is 6.85. The molecule has 0 aliphatic carbocycles. The second-order valence-corrected chi connectivity index (χ2v) is 9.05. The van der Waals surface area contributed by atoms with E-state index in [1.54, 1.807) is 12.1 Å². The van der Waals surface area contributed by atoms with E-state index in [1.807, 2.05) is 32.9 Å². The van der Waals surface area contributed by atoms with Crippen LogP contribution in [0.25, 0.3) is 0 Å². The standard InChI is InChI=1S/C20H25ClN2O4S/c1-14(2)12-22-28(25,26)19-10-8-18(9-11-19)27-13-20(24)23-15(3)16-4-6-17(21)7-5-16/h4-11,14-15,22H,12-13H2,1-3H3,(H,23,24)/t15-/m1/s1. The first-order valence-electron chi connectivity index (χ1n) is 8.94. The molecular formula is C20H25ClN2O4S. The quantitative estimate of drug-likeness (QED) is 0.644. The van der Waals surface area contributed by atoms with E-state index in [-0.39, 0.29) is 29.4 Å². The Bertz CT molecular complexity index is 881. The first-order chi connectivity index (χ1) is 13.2. The van der Waals surface area contributed by atoms with Crippen molar-refractivity contribution < 1.29 is 17.9 Å². The molecule has 2 N–H and O–H groups in total. The highest BCUT2D eigenvalue weighted by molar-refractivity contribution is 7.89. The van der Waals surface area contributed by atoms with Gasteiger partial charge >= 0.3 is 0 Å². The highest BCUT2D eigenvalue weighted by Gasteiger charge is 2.15. The lowest BCUT2D eigenvalue weighted by molar-refractivity contribution is -0.123. The molecule has 0 aromatic heterocycles. The summed E-state index contributed by atoms with van der Waals surface area (Å²) in [6, 6.07) is 13.0. The molecule has 8 heteroatoms. The number of carbonyl (C=O) groups excluding carboxylic acids is 1. The smallest absolute Gasteiger partial charge is 0.258 e. The molecule has 2 aromatic rings. The van der Waals surface area contributed by atoms with Crippen LogP contribution >= 0.6 is 11.6 Å². The molecule has 1 atom stereocenters. The summed E-state index contributed by atoms with van der Waals surface area (Å²) in [6.07, 6.45) is 0. The highest BCUT2D eigenvalue weighted by atomic mass is 35.5. The maximum Gasteiger partial charge on any atom is 0.258 e. The van der Waals surface area contributed by atoms with Crippen molar-refractivity contribution in [2.75, 3.05) is 13.2 Å². The van der Waals surface area contributed by atoms with Crippen LogP contribution in [0, 0.1) is 5.92 Å². The fraction of sp³-hybridized carbons (Fsp3) is 0.350. The van der Waals surface area contributed by atoms with Gasteiger partial charge in [0, 0.05) is 11.6 Å². The monoisotopic (exact) mass is 424 g/mol. The summed E-state index contributed by atoms with van der Waals surface area (Å²) in [4.78, 5) is 12.2. The molecule has 0 fully saturated rings. The SMILES string of the molecule is CC(C)CNS(=O)(=O)c1ccc(OCC(=O)N[C@H](C)c2ccc(Cl)cc2)cc1. The maximum atomic E-state index is 12.2. The van der Waals surface area contributed by atoms with Gasteiger partial charge in [-0.15, -0.1) is 0 Å². The summed E-state index contributed by atoms with van der Waals surface area (Å²) in [5.41, 5.74) is 0.932. The Hall–Kier alpha value is -2.09. The van der Waals surface area contributed by atoms with Gasteiger partial charge in [-0.1, -0.05) is 37.6 Å². The zero-order valence-electron chi connectivity index (χ0n) is 16.1. The van der Waals surface area contributed by atoms with Gasteiger partial charge in [0.2, 0.25) is 10.0 Å². The Morgan fingerprint density at radius 3 is 2.21 bits per heavy atom. The van der Waals surface area contributed by atoms with Gasteiger partial charge in [-0.05, 0) is 54.8 Å². The molecule has 0 spiro atoms. The molecule has 28 heavy (non-hydrogen) atoms. The van der Waals surface area contributed by atoms with Gasteiger partial charge in [-0.2, -0.15) is 0 Å². The third-order valence-electron chi connectivity index (χ3n) is 3.93. The average molecular weight is 425 g/mol. The Morgan fingerprint density at radius 1 is 1.04 bits per heavy atom. The molecule has 0 unspecified atom stereocenters. The van der Waals surface area contributed by atoms with Crippen molar-refractivity contribution in [1.82, 2.24) is 10.0 Å². The molecule has 1 amide bonds. The van der Waals surface area contributed by atoms with Crippen LogP contribution < -0.4 is 14.8 Å². The summed E-state index contributed by atoms with van der Waals surface area (Å²) in [6.45, 7) is 5.92. The van der Waals surface area contributed by atoms with Gasteiger partial charge in [0.25, 0.3) is 5.91 Å². The summed E-state index contributed by atoms with van der Waals surface area (Å²) in [5, 5.41) is 3.47. The van der Waals surface area contributed by atoms with Crippen molar-refractivity contribution in [3.63, 3.8) is 0 Å². The van der Waals surface area contributed by atoms with Gasteiger partial charge in [0.1, 0.15) is 5.75 Å². The zero-order chi connectivity index (χ0) is 20.7. The number of halogens is 1. The number of ether oxygens (including phenoxy) is 1. The van der Waals surface area contributed by atoms with E-state index in [9.17, 15) is 13.2 Å². The summed E-state index contributed by atoms with van der Waals surface area (Å²) in [7, 11) is -3.55. The first-order valence-corrected chi connectivity index (χ1v) is 10.8. The number of carbonyl (C=O) groups is 1. The third kappa shape index (κ3) is 6.82. The minimum atomic E-state index is -3.55. The van der Waals surface area contributed by atoms with Crippen molar-refractivity contribution in [2.45, 2.75) is 31.7 Å². The van der Waals surface area contributed by atoms with E-state index in [4.69, 9.17) is 16.3 Å². The summed E-state index contributed by atoms with van der Waals surface area (Å²) >= 11 is 5.86. The second kappa shape index (κ2) is 9.91. The van der Waals surface area contributed by atoms with E-state index in [0.717, 1.165) is 5.56 Å². The van der Waals surface area contributed by atoms with Crippen LogP contribution in [0.3, 0.4) is 0 Å². The van der Waals surface area contributed by atoms with Crippen molar-refractivity contribution >= 4 is 27.5 Å². The van der Waals surface area contributed by atoms with Crippen molar-refractivity contribution in [3.05, 3.63) is 59.1 Å². The topological polar surface area (TPSA) is 84.5 Å². The molecule has 6 nitrogen and oxygen atoms in total. The zero-order valence-corrected chi connectivity index (χ0v) is 17.7. The molecule has 2 aromatic carbocycles. The molecule has 0 bridgehead atoms. The van der Waals surface area contributed by atoms with E-state index in [0.29, 0.717) is 17.3 Å². The van der Waals surface area contributed by atoms with Crippen molar-refractivity contribution in [1.29, 1.82) is 0 Å². The lowest BCUT2D eigenvalue weighted by Gasteiger charge is -2.15. The number of hydrogen-bond acceptors (Lipinski definition) is 4. The van der Waals surface area contributed by atoms with Gasteiger partial charge in [-0.3, -0.25) is 4.79 Å². The van der Waals surface area contributed by atoms with Gasteiger partial charge in [0.15, 0.2) is 6.61 Å². The molecule has 0 saturated heterocycles. The molecule has 2 rings (SSSR count). The van der Waals surface area contributed by atoms with Gasteiger partial charge < -0.3 is 10.1 Å². The van der Waals surface area contributed by atoms with Crippen molar-refractivity contribution in [3.8, 4) is 5.75 Å². The summed E-state index contributed by atoms with van der Waals surface area (Å²) in [5.74, 6) is 0.348.